The maximum absolute atomic E-state index is 13.1. The molecule has 0 aliphatic carbocycles. The van der Waals surface area contributed by atoms with Crippen LogP contribution in [0.25, 0.3) is 0 Å². The molecule has 0 saturated carbocycles. The first-order chi connectivity index (χ1) is 17.0. The number of fused-ring (bicyclic) bond motifs is 1. The van der Waals surface area contributed by atoms with Gasteiger partial charge in [0.15, 0.2) is 11.5 Å². The number of hydrogen-bond donors (Lipinski definition) is 5. The van der Waals surface area contributed by atoms with Crippen molar-refractivity contribution < 1.29 is 19.1 Å². The largest absolute Gasteiger partial charge is 0.454 e. The third-order valence-corrected chi connectivity index (χ3v) is 5.40. The zero-order chi connectivity index (χ0) is 24.6. The van der Waals surface area contributed by atoms with Gasteiger partial charge in [-0.05, 0) is 34.9 Å². The molecule has 2 amide bonds. The number of nitrogens with two attached hydrogens (primary N) is 1. The molecule has 1 atom stereocenters. The van der Waals surface area contributed by atoms with Crippen LogP contribution in [0.5, 0.6) is 11.5 Å². The Balaban J connectivity index is 0.00000361. The van der Waals surface area contributed by atoms with Gasteiger partial charge in [-0.25, -0.2) is 0 Å². The van der Waals surface area contributed by atoms with Crippen LogP contribution in [0.2, 0.25) is 0 Å². The molecule has 36 heavy (non-hydrogen) atoms. The third kappa shape index (κ3) is 6.94. The zero-order valence-electron chi connectivity index (χ0n) is 19.3. The molecule has 0 radical (unpaired) electrons. The first kappa shape index (κ1) is 26.5. The van der Waals surface area contributed by atoms with E-state index >= 15 is 0 Å². The Bertz CT molecular complexity index is 1210. The number of halogens is 1. The SMILES string of the molecule is Cl.N=C(N)c1ccc(CNC(C(=O)NCC(=O)NCc2cccnc2)c2ccc3c(c2)OCO3)cc1. The lowest BCUT2D eigenvalue weighted by Gasteiger charge is -2.19. The van der Waals surface area contributed by atoms with Crippen molar-refractivity contribution in [2.24, 2.45) is 5.73 Å². The van der Waals surface area contributed by atoms with Crippen molar-refractivity contribution in [2.45, 2.75) is 19.1 Å². The molecule has 1 aliphatic rings. The molecule has 1 aromatic heterocycles. The number of carbonyl (C=O) groups excluding carboxylic acids is 2. The summed E-state index contributed by atoms with van der Waals surface area (Å²) in [5.74, 6) is 0.487. The molecule has 11 heteroatoms. The van der Waals surface area contributed by atoms with Crippen LogP contribution in [0.4, 0.5) is 0 Å². The number of benzene rings is 2. The Morgan fingerprint density at radius 3 is 2.50 bits per heavy atom. The average molecular weight is 511 g/mol. The summed E-state index contributed by atoms with van der Waals surface area (Å²) in [6.45, 7) is 0.651. The van der Waals surface area contributed by atoms with E-state index in [9.17, 15) is 9.59 Å². The lowest BCUT2D eigenvalue weighted by Crippen LogP contribution is -2.42. The van der Waals surface area contributed by atoms with E-state index in [1.54, 1.807) is 48.8 Å². The van der Waals surface area contributed by atoms with Gasteiger partial charge in [-0.2, -0.15) is 0 Å². The number of nitrogen functional groups attached to an aromatic ring is 1. The number of hydrogen-bond acceptors (Lipinski definition) is 7. The van der Waals surface area contributed by atoms with E-state index in [0.717, 1.165) is 11.1 Å². The lowest BCUT2D eigenvalue weighted by atomic mass is 10.0. The molecule has 0 bridgehead atoms. The summed E-state index contributed by atoms with van der Waals surface area (Å²) in [5, 5.41) is 16.2. The van der Waals surface area contributed by atoms with Gasteiger partial charge in [-0.1, -0.05) is 36.4 Å². The van der Waals surface area contributed by atoms with Crippen LogP contribution in [-0.4, -0.2) is 36.0 Å². The van der Waals surface area contributed by atoms with E-state index in [1.807, 2.05) is 18.2 Å². The highest BCUT2D eigenvalue weighted by Crippen LogP contribution is 2.34. The number of aromatic nitrogens is 1. The molecule has 3 aromatic rings. The maximum atomic E-state index is 13.1. The van der Waals surface area contributed by atoms with E-state index in [4.69, 9.17) is 20.6 Å². The fourth-order valence-corrected chi connectivity index (χ4v) is 3.51. The zero-order valence-corrected chi connectivity index (χ0v) is 20.1. The average Bonchev–Trinajstić information content (AvgIpc) is 3.35. The number of pyridine rings is 1. The van der Waals surface area contributed by atoms with E-state index in [2.05, 4.69) is 20.9 Å². The molecule has 0 spiro atoms. The van der Waals surface area contributed by atoms with Crippen LogP contribution in [0.3, 0.4) is 0 Å². The van der Waals surface area contributed by atoms with E-state index in [1.165, 1.54) is 0 Å². The van der Waals surface area contributed by atoms with Crippen molar-refractivity contribution in [1.82, 2.24) is 20.9 Å². The Hall–Kier alpha value is -4.15. The van der Waals surface area contributed by atoms with E-state index in [0.29, 0.717) is 35.7 Å². The first-order valence-corrected chi connectivity index (χ1v) is 11.0. The second kappa shape index (κ2) is 12.5. The molecule has 0 fully saturated rings. The van der Waals surface area contributed by atoms with Crippen molar-refractivity contribution in [2.75, 3.05) is 13.3 Å². The molecule has 6 N–H and O–H groups in total. The fraction of sp³-hybridized carbons (Fsp3) is 0.200. The fourth-order valence-electron chi connectivity index (χ4n) is 3.51. The molecule has 1 unspecified atom stereocenters. The number of ether oxygens (including phenoxy) is 2. The van der Waals surface area contributed by atoms with Crippen molar-refractivity contribution in [3.8, 4) is 11.5 Å². The summed E-state index contributed by atoms with van der Waals surface area (Å²) in [4.78, 5) is 29.4. The van der Waals surface area contributed by atoms with Gasteiger partial charge in [0, 0.05) is 31.0 Å². The Kier molecular flexibility index (Phi) is 9.20. The van der Waals surface area contributed by atoms with Crippen molar-refractivity contribution >= 4 is 30.1 Å². The molecular formula is C25H27ClN6O4. The minimum Gasteiger partial charge on any atom is -0.454 e. The molecule has 0 saturated heterocycles. The predicted octanol–water partition coefficient (Wildman–Crippen LogP) is 1.78. The topological polar surface area (TPSA) is 151 Å². The van der Waals surface area contributed by atoms with Gasteiger partial charge < -0.3 is 25.8 Å². The van der Waals surface area contributed by atoms with Gasteiger partial charge in [-0.15, -0.1) is 12.4 Å². The highest BCUT2D eigenvalue weighted by Gasteiger charge is 2.24. The van der Waals surface area contributed by atoms with Gasteiger partial charge in [0.1, 0.15) is 11.9 Å². The third-order valence-electron chi connectivity index (χ3n) is 5.40. The standard InChI is InChI=1S/C25H26N6O4.ClH/c26-24(27)18-5-3-16(4-6-18)12-30-23(19-7-8-20-21(10-19)35-15-34-20)25(33)31-14-22(32)29-13-17-2-1-9-28-11-17;/h1-11,23,30H,12-15H2,(H3,26,27)(H,29,32)(H,31,33);1H. The first-order valence-electron chi connectivity index (χ1n) is 11.0. The van der Waals surface area contributed by atoms with Crippen LogP contribution >= 0.6 is 12.4 Å². The van der Waals surface area contributed by atoms with Crippen LogP contribution in [-0.2, 0) is 22.7 Å². The quantitative estimate of drug-likeness (QED) is 0.206. The molecule has 188 valence electrons. The van der Waals surface area contributed by atoms with Crippen LogP contribution in [0, 0.1) is 5.41 Å². The summed E-state index contributed by atoms with van der Waals surface area (Å²) < 4.78 is 10.8. The second-order valence-corrected chi connectivity index (χ2v) is 7.89. The summed E-state index contributed by atoms with van der Waals surface area (Å²) in [7, 11) is 0. The number of nitrogens with one attached hydrogen (secondary N) is 4. The monoisotopic (exact) mass is 510 g/mol. The normalized spacial score (nSPS) is 12.2. The molecule has 2 heterocycles. The highest BCUT2D eigenvalue weighted by molar-refractivity contribution is 5.94. The van der Waals surface area contributed by atoms with Crippen LogP contribution in [0.1, 0.15) is 28.3 Å². The molecular weight excluding hydrogens is 484 g/mol. The van der Waals surface area contributed by atoms with Gasteiger partial charge in [0.25, 0.3) is 0 Å². The number of carbonyl (C=O) groups is 2. The summed E-state index contributed by atoms with van der Waals surface area (Å²) in [6, 6.07) is 15.4. The molecule has 1 aliphatic heterocycles. The molecule has 4 rings (SSSR count). The van der Waals surface area contributed by atoms with Crippen molar-refractivity contribution in [1.29, 1.82) is 5.41 Å². The molecule has 10 nitrogen and oxygen atoms in total. The van der Waals surface area contributed by atoms with Gasteiger partial charge in [0.2, 0.25) is 18.6 Å². The van der Waals surface area contributed by atoms with E-state index < -0.39 is 6.04 Å². The smallest absolute Gasteiger partial charge is 0.242 e. The number of nitrogens with zero attached hydrogens (tertiary/aromatic N) is 1. The minimum atomic E-state index is -0.747. The van der Waals surface area contributed by atoms with Crippen molar-refractivity contribution in [3.63, 3.8) is 0 Å². The van der Waals surface area contributed by atoms with Gasteiger partial charge in [-0.3, -0.25) is 25.3 Å². The minimum absolute atomic E-state index is 0. The Labute approximate surface area is 214 Å². The Morgan fingerprint density at radius 1 is 1.00 bits per heavy atom. The second-order valence-electron chi connectivity index (χ2n) is 7.89. The van der Waals surface area contributed by atoms with Crippen LogP contribution < -0.4 is 31.2 Å². The van der Waals surface area contributed by atoms with Gasteiger partial charge in [0.05, 0.1) is 6.54 Å². The predicted molar refractivity (Wildman–Crippen MR) is 136 cm³/mol. The number of amides is 2. The summed E-state index contributed by atoms with van der Waals surface area (Å²) >= 11 is 0. The highest BCUT2D eigenvalue weighted by atomic mass is 35.5. The molecule has 2 aromatic carbocycles. The maximum Gasteiger partial charge on any atom is 0.242 e. The number of amidine groups is 1. The van der Waals surface area contributed by atoms with Gasteiger partial charge >= 0.3 is 0 Å². The van der Waals surface area contributed by atoms with Crippen LogP contribution in [0.15, 0.2) is 67.0 Å². The van der Waals surface area contributed by atoms with Crippen molar-refractivity contribution in [3.05, 3.63) is 89.2 Å². The summed E-state index contributed by atoms with van der Waals surface area (Å²) in [5.41, 5.74) is 8.58. The Morgan fingerprint density at radius 2 is 1.78 bits per heavy atom. The van der Waals surface area contributed by atoms with E-state index in [-0.39, 0.29) is 43.4 Å². The number of rotatable bonds is 10. The lowest BCUT2D eigenvalue weighted by molar-refractivity contribution is -0.127. The summed E-state index contributed by atoms with van der Waals surface area (Å²) in [6.07, 6.45) is 3.33.